The Hall–Kier alpha value is -2.09. The van der Waals surface area contributed by atoms with Gasteiger partial charge in [-0.25, -0.2) is 4.98 Å². The third-order valence-corrected chi connectivity index (χ3v) is 2.64. The van der Waals surface area contributed by atoms with Crippen molar-refractivity contribution in [2.45, 2.75) is 34.6 Å². The Kier molecular flexibility index (Phi) is 10.5. The Labute approximate surface area is 129 Å². The van der Waals surface area contributed by atoms with E-state index in [0.717, 1.165) is 0 Å². The molecule has 0 unspecified atom stereocenters. The van der Waals surface area contributed by atoms with Crippen LogP contribution in [0, 0.1) is 6.92 Å². The lowest BCUT2D eigenvalue weighted by Gasteiger charge is -1.98. The van der Waals surface area contributed by atoms with E-state index >= 15 is 0 Å². The van der Waals surface area contributed by atoms with Gasteiger partial charge in [-0.15, -0.1) is 0 Å². The largest absolute Gasteiger partial charge is 0.341 e. The number of benzene rings is 2. The zero-order valence-electron chi connectivity index (χ0n) is 14.2. The molecule has 0 amide bonds. The number of aryl methyl sites for hydroxylation is 2. The van der Waals surface area contributed by atoms with Crippen LogP contribution in [0.2, 0.25) is 0 Å². The molecule has 0 bridgehead atoms. The van der Waals surface area contributed by atoms with Crippen molar-refractivity contribution in [2.75, 3.05) is 0 Å². The third-order valence-electron chi connectivity index (χ3n) is 2.64. The van der Waals surface area contributed by atoms with Crippen molar-refractivity contribution < 1.29 is 0 Å². The average Bonchev–Trinajstić information content (AvgIpc) is 3.04. The lowest BCUT2D eigenvalue weighted by Crippen LogP contribution is -1.76. The van der Waals surface area contributed by atoms with Gasteiger partial charge in [-0.1, -0.05) is 70.2 Å². The fourth-order valence-electron chi connectivity index (χ4n) is 1.71. The molecular formula is C19H28N2. The highest BCUT2D eigenvalue weighted by Gasteiger charge is 1.92. The first-order valence-electron chi connectivity index (χ1n) is 7.63. The minimum atomic E-state index is 1.33. The summed E-state index contributed by atoms with van der Waals surface area (Å²) in [5, 5.41) is 2.68. The second-order valence-corrected chi connectivity index (χ2v) is 4.02. The van der Waals surface area contributed by atoms with Gasteiger partial charge in [0.15, 0.2) is 0 Å². The standard InChI is InChI=1S/C11H10.C4H6N2.2C2H6/c1-9-5-4-7-10-6-2-3-8-11(9)10;1-6-3-2-5-4-6;2*1-2/h2-8H,1H3;2-4H,1H3;2*1-2H3. The second kappa shape index (κ2) is 11.7. The van der Waals surface area contributed by atoms with Gasteiger partial charge < -0.3 is 4.57 Å². The molecule has 0 atom stereocenters. The predicted octanol–water partition coefficient (Wildman–Crippen LogP) is 5.62. The first-order chi connectivity index (χ1) is 10.3. The number of aromatic nitrogens is 2. The fourth-order valence-corrected chi connectivity index (χ4v) is 1.71. The van der Waals surface area contributed by atoms with E-state index in [9.17, 15) is 0 Å². The minimum absolute atomic E-state index is 1.33. The first-order valence-corrected chi connectivity index (χ1v) is 7.63. The molecule has 0 N–H and O–H groups in total. The van der Waals surface area contributed by atoms with Crippen molar-refractivity contribution >= 4 is 10.8 Å². The number of hydrogen-bond acceptors (Lipinski definition) is 1. The van der Waals surface area contributed by atoms with Crippen LogP contribution >= 0.6 is 0 Å². The summed E-state index contributed by atoms with van der Waals surface area (Å²) in [6.07, 6.45) is 5.39. The minimum Gasteiger partial charge on any atom is -0.341 e. The molecule has 2 nitrogen and oxygen atoms in total. The molecule has 0 radical (unpaired) electrons. The number of hydrogen-bond donors (Lipinski definition) is 0. The van der Waals surface area contributed by atoms with E-state index in [2.05, 4.69) is 54.4 Å². The van der Waals surface area contributed by atoms with E-state index in [-0.39, 0.29) is 0 Å². The molecule has 3 rings (SSSR count). The Bertz CT molecular complexity index is 578. The molecule has 3 aromatic rings. The van der Waals surface area contributed by atoms with Gasteiger partial charge in [-0.3, -0.25) is 0 Å². The lowest BCUT2D eigenvalue weighted by molar-refractivity contribution is 0.913. The van der Waals surface area contributed by atoms with E-state index in [0.29, 0.717) is 0 Å². The molecule has 0 aliphatic heterocycles. The average molecular weight is 284 g/mol. The van der Waals surface area contributed by atoms with Crippen molar-refractivity contribution in [3.8, 4) is 0 Å². The Morgan fingerprint density at radius 1 is 0.857 bits per heavy atom. The van der Waals surface area contributed by atoms with Gasteiger partial charge in [-0.05, 0) is 23.3 Å². The van der Waals surface area contributed by atoms with Crippen LogP contribution in [0.5, 0.6) is 0 Å². The zero-order valence-corrected chi connectivity index (χ0v) is 14.2. The van der Waals surface area contributed by atoms with Gasteiger partial charge in [0, 0.05) is 19.4 Å². The number of rotatable bonds is 0. The highest BCUT2D eigenvalue weighted by molar-refractivity contribution is 5.85. The number of fused-ring (bicyclic) bond motifs is 1. The summed E-state index contributed by atoms with van der Waals surface area (Å²) in [4.78, 5) is 3.78. The highest BCUT2D eigenvalue weighted by Crippen LogP contribution is 2.16. The molecule has 0 aliphatic rings. The van der Waals surface area contributed by atoms with Gasteiger partial charge in [0.2, 0.25) is 0 Å². The summed E-state index contributed by atoms with van der Waals surface area (Å²) in [6.45, 7) is 10.1. The number of nitrogens with zero attached hydrogens (tertiary/aromatic N) is 2. The van der Waals surface area contributed by atoms with Crippen molar-refractivity contribution in [3.05, 3.63) is 66.7 Å². The summed E-state index contributed by atoms with van der Waals surface area (Å²) < 4.78 is 1.89. The van der Waals surface area contributed by atoms with Gasteiger partial charge in [0.25, 0.3) is 0 Å². The van der Waals surface area contributed by atoms with Gasteiger partial charge in [-0.2, -0.15) is 0 Å². The zero-order chi connectivity index (χ0) is 16.1. The summed E-state index contributed by atoms with van der Waals surface area (Å²) in [5.74, 6) is 0. The number of imidazole rings is 1. The maximum Gasteiger partial charge on any atom is 0.0943 e. The Balaban J connectivity index is 0.000000341. The van der Waals surface area contributed by atoms with E-state index in [1.807, 2.05) is 45.5 Å². The van der Waals surface area contributed by atoms with Gasteiger partial charge in [0.05, 0.1) is 6.33 Å². The SMILES string of the molecule is CC.CC.Cc1cccc2ccccc12.Cn1ccnc1. The smallest absolute Gasteiger partial charge is 0.0943 e. The van der Waals surface area contributed by atoms with Gasteiger partial charge >= 0.3 is 0 Å². The van der Waals surface area contributed by atoms with Gasteiger partial charge in [0.1, 0.15) is 0 Å². The monoisotopic (exact) mass is 284 g/mol. The molecule has 1 heterocycles. The first kappa shape index (κ1) is 18.9. The van der Waals surface area contributed by atoms with Crippen LogP contribution in [0.4, 0.5) is 0 Å². The third kappa shape index (κ3) is 6.75. The van der Waals surface area contributed by atoms with Crippen molar-refractivity contribution in [1.29, 1.82) is 0 Å². The van der Waals surface area contributed by atoms with Crippen molar-refractivity contribution in [1.82, 2.24) is 9.55 Å². The molecule has 21 heavy (non-hydrogen) atoms. The molecule has 2 aromatic carbocycles. The van der Waals surface area contributed by atoms with Crippen LogP contribution in [0.25, 0.3) is 10.8 Å². The molecule has 0 spiro atoms. The molecule has 2 heteroatoms. The Morgan fingerprint density at radius 3 is 1.95 bits per heavy atom. The molecule has 0 aliphatic carbocycles. The summed E-state index contributed by atoms with van der Waals surface area (Å²) >= 11 is 0. The predicted molar refractivity (Wildman–Crippen MR) is 94.6 cm³/mol. The lowest BCUT2D eigenvalue weighted by atomic mass is 10.1. The van der Waals surface area contributed by atoms with Crippen molar-refractivity contribution in [2.24, 2.45) is 7.05 Å². The van der Waals surface area contributed by atoms with Crippen LogP contribution in [-0.2, 0) is 7.05 Å². The summed E-state index contributed by atoms with van der Waals surface area (Å²) in [5.41, 5.74) is 1.35. The topological polar surface area (TPSA) is 17.8 Å². The molecule has 1 aromatic heterocycles. The summed E-state index contributed by atoms with van der Waals surface area (Å²) in [6, 6.07) is 14.8. The second-order valence-electron chi connectivity index (χ2n) is 4.02. The van der Waals surface area contributed by atoms with Crippen molar-refractivity contribution in [3.63, 3.8) is 0 Å². The van der Waals surface area contributed by atoms with E-state index in [4.69, 9.17) is 0 Å². The van der Waals surface area contributed by atoms with Crippen LogP contribution in [0.15, 0.2) is 61.2 Å². The summed E-state index contributed by atoms with van der Waals surface area (Å²) in [7, 11) is 1.94. The molecule has 0 fully saturated rings. The maximum atomic E-state index is 3.78. The van der Waals surface area contributed by atoms with E-state index < -0.39 is 0 Å². The molecular weight excluding hydrogens is 256 g/mol. The van der Waals surface area contributed by atoms with E-state index in [1.54, 1.807) is 12.5 Å². The van der Waals surface area contributed by atoms with Crippen LogP contribution in [0.3, 0.4) is 0 Å². The normalized spacial score (nSPS) is 8.48. The van der Waals surface area contributed by atoms with Crippen LogP contribution in [0.1, 0.15) is 33.3 Å². The molecule has 0 saturated heterocycles. The fraction of sp³-hybridized carbons (Fsp3) is 0.316. The van der Waals surface area contributed by atoms with E-state index in [1.165, 1.54) is 16.3 Å². The van der Waals surface area contributed by atoms with Crippen LogP contribution < -0.4 is 0 Å². The van der Waals surface area contributed by atoms with Crippen LogP contribution in [-0.4, -0.2) is 9.55 Å². The molecule has 114 valence electrons. The Morgan fingerprint density at radius 2 is 1.48 bits per heavy atom. The quantitative estimate of drug-likeness (QED) is 0.524. The maximum absolute atomic E-state index is 3.78. The molecule has 0 saturated carbocycles. The highest BCUT2D eigenvalue weighted by atomic mass is 15.0.